The Labute approximate surface area is 117 Å². The molecule has 0 saturated heterocycles. The number of aryl methyl sites for hydroxylation is 2. The highest BCUT2D eigenvalue weighted by Crippen LogP contribution is 2.15. The fourth-order valence-corrected chi connectivity index (χ4v) is 2.11. The van der Waals surface area contributed by atoms with Gasteiger partial charge >= 0.3 is 0 Å². The van der Waals surface area contributed by atoms with Gasteiger partial charge < -0.3 is 14.8 Å². The molecule has 0 aliphatic heterocycles. The van der Waals surface area contributed by atoms with Crippen LogP contribution in [0.4, 0.5) is 0 Å². The predicted molar refractivity (Wildman–Crippen MR) is 74.8 cm³/mol. The minimum Gasteiger partial charge on any atom is -0.354 e. The standard InChI is InChI=1S/C14H19N3O3/c1-9-6-5-7-17-12(10(2)16-13(9)17)14(18)15-8-11(19-3)20-4/h5-7,11H,8H2,1-4H3,(H,15,18). The van der Waals surface area contributed by atoms with Gasteiger partial charge in [-0.2, -0.15) is 0 Å². The lowest BCUT2D eigenvalue weighted by atomic mass is 10.3. The number of hydrogen-bond donors (Lipinski definition) is 1. The zero-order valence-electron chi connectivity index (χ0n) is 12.1. The van der Waals surface area contributed by atoms with Crippen molar-refractivity contribution in [2.75, 3.05) is 20.8 Å². The third-order valence-electron chi connectivity index (χ3n) is 3.19. The summed E-state index contributed by atoms with van der Waals surface area (Å²) < 4.78 is 11.9. The van der Waals surface area contributed by atoms with Crippen molar-refractivity contribution in [3.8, 4) is 0 Å². The number of rotatable bonds is 5. The van der Waals surface area contributed by atoms with Gasteiger partial charge in [0, 0.05) is 20.4 Å². The molecular weight excluding hydrogens is 258 g/mol. The summed E-state index contributed by atoms with van der Waals surface area (Å²) in [6.45, 7) is 4.07. The summed E-state index contributed by atoms with van der Waals surface area (Å²) in [5.74, 6) is -0.195. The summed E-state index contributed by atoms with van der Waals surface area (Å²) in [4.78, 5) is 16.7. The molecule has 6 heteroatoms. The molecule has 0 spiro atoms. The van der Waals surface area contributed by atoms with E-state index >= 15 is 0 Å². The number of nitrogens with zero attached hydrogens (tertiary/aromatic N) is 2. The second kappa shape index (κ2) is 6.02. The number of fused-ring (bicyclic) bond motifs is 1. The first-order valence-electron chi connectivity index (χ1n) is 6.36. The summed E-state index contributed by atoms with van der Waals surface area (Å²) in [5.41, 5.74) is 3.06. The number of aromatic nitrogens is 2. The third-order valence-corrected chi connectivity index (χ3v) is 3.19. The van der Waals surface area contributed by atoms with Crippen LogP contribution >= 0.6 is 0 Å². The normalized spacial score (nSPS) is 11.2. The van der Waals surface area contributed by atoms with Gasteiger partial charge in [-0.1, -0.05) is 6.07 Å². The Bertz CT molecular complexity index is 617. The van der Waals surface area contributed by atoms with Crippen LogP contribution in [-0.2, 0) is 9.47 Å². The molecule has 0 radical (unpaired) electrons. The van der Waals surface area contributed by atoms with Crippen molar-refractivity contribution in [2.45, 2.75) is 20.1 Å². The molecule has 108 valence electrons. The number of nitrogens with one attached hydrogen (secondary N) is 1. The van der Waals surface area contributed by atoms with Crippen LogP contribution in [0.5, 0.6) is 0 Å². The van der Waals surface area contributed by atoms with Crippen LogP contribution in [0.3, 0.4) is 0 Å². The number of hydrogen-bond acceptors (Lipinski definition) is 4. The Kier molecular flexibility index (Phi) is 4.36. The maximum absolute atomic E-state index is 12.3. The van der Waals surface area contributed by atoms with Gasteiger partial charge in [-0.25, -0.2) is 4.98 Å². The Morgan fingerprint density at radius 3 is 2.75 bits per heavy atom. The van der Waals surface area contributed by atoms with Crippen molar-refractivity contribution < 1.29 is 14.3 Å². The smallest absolute Gasteiger partial charge is 0.270 e. The van der Waals surface area contributed by atoms with Gasteiger partial charge in [-0.15, -0.1) is 0 Å². The molecule has 1 amide bonds. The number of methoxy groups -OCH3 is 2. The van der Waals surface area contributed by atoms with Gasteiger partial charge in [-0.3, -0.25) is 9.20 Å². The Morgan fingerprint density at radius 2 is 2.10 bits per heavy atom. The van der Waals surface area contributed by atoms with Crippen LogP contribution in [-0.4, -0.2) is 42.3 Å². The first-order valence-corrected chi connectivity index (χ1v) is 6.36. The van der Waals surface area contributed by atoms with E-state index in [0.717, 1.165) is 11.2 Å². The predicted octanol–water partition coefficient (Wildman–Crippen LogP) is 1.30. The summed E-state index contributed by atoms with van der Waals surface area (Å²) in [6, 6.07) is 3.86. The molecule has 6 nitrogen and oxygen atoms in total. The monoisotopic (exact) mass is 277 g/mol. The van der Waals surface area contributed by atoms with E-state index in [0.29, 0.717) is 11.4 Å². The van der Waals surface area contributed by atoms with Crippen LogP contribution in [0.25, 0.3) is 5.65 Å². The molecule has 2 aromatic heterocycles. The first-order chi connectivity index (χ1) is 9.58. The van der Waals surface area contributed by atoms with E-state index in [1.54, 1.807) is 4.40 Å². The number of pyridine rings is 1. The van der Waals surface area contributed by atoms with Crippen LogP contribution in [0.15, 0.2) is 18.3 Å². The lowest BCUT2D eigenvalue weighted by molar-refractivity contribution is -0.0974. The maximum Gasteiger partial charge on any atom is 0.270 e. The second-order valence-electron chi connectivity index (χ2n) is 4.54. The molecule has 2 heterocycles. The van der Waals surface area contributed by atoms with Gasteiger partial charge in [0.2, 0.25) is 0 Å². The zero-order valence-corrected chi connectivity index (χ0v) is 12.1. The zero-order chi connectivity index (χ0) is 14.7. The molecule has 1 N–H and O–H groups in total. The van der Waals surface area contributed by atoms with Crippen LogP contribution in [0.1, 0.15) is 21.7 Å². The van der Waals surface area contributed by atoms with E-state index < -0.39 is 6.29 Å². The van der Waals surface area contributed by atoms with Crippen molar-refractivity contribution in [3.63, 3.8) is 0 Å². The van der Waals surface area contributed by atoms with Gasteiger partial charge in [0.05, 0.1) is 12.2 Å². The lowest BCUT2D eigenvalue weighted by Crippen LogP contribution is -2.35. The lowest BCUT2D eigenvalue weighted by Gasteiger charge is -2.14. The van der Waals surface area contributed by atoms with Crippen molar-refractivity contribution >= 4 is 11.6 Å². The Morgan fingerprint density at radius 1 is 1.40 bits per heavy atom. The van der Waals surface area contributed by atoms with Crippen molar-refractivity contribution in [3.05, 3.63) is 35.3 Å². The van der Waals surface area contributed by atoms with Gasteiger partial charge in [0.25, 0.3) is 5.91 Å². The van der Waals surface area contributed by atoms with Crippen LogP contribution < -0.4 is 5.32 Å². The fourth-order valence-electron chi connectivity index (χ4n) is 2.11. The highest BCUT2D eigenvalue weighted by molar-refractivity contribution is 5.94. The number of carbonyl (C=O) groups is 1. The van der Waals surface area contributed by atoms with E-state index in [1.807, 2.05) is 32.2 Å². The minimum atomic E-state index is -0.458. The van der Waals surface area contributed by atoms with Gasteiger partial charge in [0.15, 0.2) is 6.29 Å². The number of ether oxygens (including phenoxy) is 2. The average molecular weight is 277 g/mol. The van der Waals surface area contributed by atoms with Crippen molar-refractivity contribution in [2.24, 2.45) is 0 Å². The number of carbonyl (C=O) groups excluding carboxylic acids is 1. The molecular formula is C14H19N3O3. The Balaban J connectivity index is 2.26. The molecule has 0 aliphatic carbocycles. The Hall–Kier alpha value is -1.92. The van der Waals surface area contributed by atoms with Gasteiger partial charge in [-0.05, 0) is 25.5 Å². The molecule has 0 aliphatic rings. The third kappa shape index (κ3) is 2.66. The molecule has 0 unspecified atom stereocenters. The highest BCUT2D eigenvalue weighted by atomic mass is 16.7. The first kappa shape index (κ1) is 14.5. The summed E-state index contributed by atoms with van der Waals surface area (Å²) >= 11 is 0. The number of amides is 1. The topological polar surface area (TPSA) is 64.9 Å². The molecule has 20 heavy (non-hydrogen) atoms. The average Bonchev–Trinajstić information content (AvgIpc) is 2.77. The largest absolute Gasteiger partial charge is 0.354 e. The SMILES string of the molecule is COC(CNC(=O)c1c(C)nc2c(C)cccn12)OC. The maximum atomic E-state index is 12.3. The molecule has 0 fully saturated rings. The highest BCUT2D eigenvalue weighted by Gasteiger charge is 2.18. The van der Waals surface area contributed by atoms with Crippen LogP contribution in [0, 0.1) is 13.8 Å². The molecule has 0 atom stereocenters. The number of imidazole rings is 1. The van der Waals surface area contributed by atoms with Crippen molar-refractivity contribution in [1.82, 2.24) is 14.7 Å². The molecule has 0 bridgehead atoms. The van der Waals surface area contributed by atoms with E-state index in [1.165, 1.54) is 14.2 Å². The molecule has 0 aromatic carbocycles. The minimum absolute atomic E-state index is 0.195. The fraction of sp³-hybridized carbons (Fsp3) is 0.429. The summed E-state index contributed by atoms with van der Waals surface area (Å²) in [7, 11) is 3.06. The van der Waals surface area contributed by atoms with E-state index in [2.05, 4.69) is 10.3 Å². The van der Waals surface area contributed by atoms with E-state index in [9.17, 15) is 4.79 Å². The van der Waals surface area contributed by atoms with Gasteiger partial charge in [0.1, 0.15) is 11.3 Å². The second-order valence-corrected chi connectivity index (χ2v) is 4.54. The van der Waals surface area contributed by atoms with E-state index in [4.69, 9.17) is 9.47 Å². The van der Waals surface area contributed by atoms with Crippen LogP contribution in [0.2, 0.25) is 0 Å². The van der Waals surface area contributed by atoms with E-state index in [-0.39, 0.29) is 12.5 Å². The van der Waals surface area contributed by atoms with Crippen molar-refractivity contribution in [1.29, 1.82) is 0 Å². The molecule has 2 rings (SSSR count). The molecule has 0 saturated carbocycles. The molecule has 2 aromatic rings. The summed E-state index contributed by atoms with van der Waals surface area (Å²) in [5, 5.41) is 2.79. The summed E-state index contributed by atoms with van der Waals surface area (Å²) in [6.07, 6.45) is 1.38. The quantitative estimate of drug-likeness (QED) is 0.837.